The lowest BCUT2D eigenvalue weighted by molar-refractivity contribution is 0.0739. The van der Waals surface area contributed by atoms with Crippen molar-refractivity contribution >= 4 is 27.5 Å². The van der Waals surface area contributed by atoms with Crippen LogP contribution < -0.4 is 5.56 Å². The molecule has 0 radical (unpaired) electrons. The second kappa shape index (κ2) is 6.56. The molecule has 2 aromatic rings. The van der Waals surface area contributed by atoms with Crippen LogP contribution in [0.15, 0.2) is 4.79 Å². The predicted molar refractivity (Wildman–Crippen MR) is 101 cm³/mol. The average Bonchev–Trinajstić information content (AvgIpc) is 3.17. The van der Waals surface area contributed by atoms with Crippen molar-refractivity contribution in [2.75, 3.05) is 7.05 Å². The van der Waals surface area contributed by atoms with Crippen LogP contribution in [0.3, 0.4) is 0 Å². The number of hydrogen-bond donors (Lipinski definition) is 0. The largest absolute Gasteiger partial charge is 0.338 e. The van der Waals surface area contributed by atoms with Crippen LogP contribution in [0.2, 0.25) is 0 Å². The molecule has 0 atom stereocenters. The van der Waals surface area contributed by atoms with E-state index < -0.39 is 0 Å². The first-order valence-electron chi connectivity index (χ1n) is 9.38. The minimum absolute atomic E-state index is 0.0400. The first kappa shape index (κ1) is 16.8. The fourth-order valence-electron chi connectivity index (χ4n) is 4.23. The van der Waals surface area contributed by atoms with Gasteiger partial charge >= 0.3 is 0 Å². The predicted octanol–water partition coefficient (Wildman–Crippen LogP) is 3.51. The molecular weight excluding hydrogens is 334 g/mol. The highest BCUT2D eigenvalue weighted by Crippen LogP contribution is 2.31. The van der Waals surface area contributed by atoms with Crippen molar-refractivity contribution in [1.82, 2.24) is 14.5 Å². The molecule has 6 heteroatoms. The van der Waals surface area contributed by atoms with Gasteiger partial charge in [0.1, 0.15) is 10.7 Å². The van der Waals surface area contributed by atoms with Crippen LogP contribution in [0.5, 0.6) is 0 Å². The molecular formula is C19H25N3O2S. The zero-order valence-electron chi connectivity index (χ0n) is 15.0. The van der Waals surface area contributed by atoms with Gasteiger partial charge in [-0.3, -0.25) is 14.2 Å². The van der Waals surface area contributed by atoms with Crippen LogP contribution in [0, 0.1) is 6.92 Å². The highest BCUT2D eigenvalue weighted by molar-refractivity contribution is 7.20. The van der Waals surface area contributed by atoms with Crippen molar-refractivity contribution in [3.63, 3.8) is 0 Å². The van der Waals surface area contributed by atoms with Gasteiger partial charge in [-0.25, -0.2) is 4.98 Å². The minimum Gasteiger partial charge on any atom is -0.338 e. The lowest BCUT2D eigenvalue weighted by Crippen LogP contribution is -2.35. The second-order valence-electron chi connectivity index (χ2n) is 7.39. The quantitative estimate of drug-likeness (QED) is 0.824. The topological polar surface area (TPSA) is 55.2 Å². The molecule has 0 aromatic carbocycles. The molecule has 134 valence electrons. The summed E-state index contributed by atoms with van der Waals surface area (Å²) in [7, 11) is 1.90. The SMILES string of the molecule is Cc1c(C(=O)N(C)C2CCCC2)sc2nc3n(c(=O)c12)CCCCC3. The van der Waals surface area contributed by atoms with E-state index in [1.807, 2.05) is 23.4 Å². The molecule has 2 aliphatic rings. The van der Waals surface area contributed by atoms with Gasteiger partial charge in [-0.1, -0.05) is 19.3 Å². The maximum atomic E-state index is 13.0. The summed E-state index contributed by atoms with van der Waals surface area (Å²) >= 11 is 1.40. The van der Waals surface area contributed by atoms with Crippen molar-refractivity contribution in [2.24, 2.45) is 0 Å². The summed E-state index contributed by atoms with van der Waals surface area (Å²) < 4.78 is 1.84. The monoisotopic (exact) mass is 359 g/mol. The lowest BCUT2D eigenvalue weighted by atomic mass is 10.1. The molecule has 1 fully saturated rings. The van der Waals surface area contributed by atoms with Crippen LogP contribution >= 0.6 is 11.3 Å². The molecule has 0 N–H and O–H groups in total. The van der Waals surface area contributed by atoms with Crippen molar-refractivity contribution < 1.29 is 4.79 Å². The Kier molecular flexibility index (Phi) is 4.40. The van der Waals surface area contributed by atoms with E-state index in [0.29, 0.717) is 16.3 Å². The summed E-state index contributed by atoms with van der Waals surface area (Å²) in [4.78, 5) is 34.1. The number of rotatable bonds is 2. The molecule has 0 saturated heterocycles. The molecule has 1 saturated carbocycles. The highest BCUT2D eigenvalue weighted by atomic mass is 32.1. The minimum atomic E-state index is 0.0400. The van der Waals surface area contributed by atoms with E-state index in [4.69, 9.17) is 4.98 Å². The van der Waals surface area contributed by atoms with Crippen LogP contribution in [0.4, 0.5) is 0 Å². The van der Waals surface area contributed by atoms with Gasteiger partial charge in [0, 0.05) is 26.1 Å². The average molecular weight is 359 g/mol. The zero-order valence-corrected chi connectivity index (χ0v) is 15.8. The van der Waals surface area contributed by atoms with Gasteiger partial charge < -0.3 is 4.90 Å². The molecule has 5 nitrogen and oxygen atoms in total. The van der Waals surface area contributed by atoms with E-state index >= 15 is 0 Å². The number of aromatic nitrogens is 2. The van der Waals surface area contributed by atoms with Gasteiger partial charge in [0.2, 0.25) is 0 Å². The van der Waals surface area contributed by atoms with Gasteiger partial charge in [-0.15, -0.1) is 11.3 Å². The third kappa shape index (κ3) is 2.80. The molecule has 1 aliphatic heterocycles. The molecule has 0 unspecified atom stereocenters. The third-order valence-corrected chi connectivity index (χ3v) is 6.97. The first-order valence-corrected chi connectivity index (χ1v) is 10.2. The zero-order chi connectivity index (χ0) is 17.6. The molecule has 25 heavy (non-hydrogen) atoms. The third-order valence-electron chi connectivity index (χ3n) is 5.80. The Morgan fingerprint density at radius 1 is 1.20 bits per heavy atom. The van der Waals surface area contributed by atoms with Gasteiger partial charge in [0.05, 0.1) is 10.3 Å². The normalized spacial score (nSPS) is 18.3. The molecule has 4 rings (SSSR count). The number of carbonyl (C=O) groups excluding carboxylic acids is 1. The number of carbonyl (C=O) groups is 1. The summed E-state index contributed by atoms with van der Waals surface area (Å²) in [6.45, 7) is 2.65. The molecule has 1 amide bonds. The molecule has 2 aromatic heterocycles. The van der Waals surface area contributed by atoms with Gasteiger partial charge in [0.25, 0.3) is 11.5 Å². The molecule has 3 heterocycles. The summed E-state index contributed by atoms with van der Waals surface area (Å²) in [5, 5.41) is 0.652. The van der Waals surface area contributed by atoms with Crippen LogP contribution in [0.1, 0.15) is 66.0 Å². The number of fused-ring (bicyclic) bond motifs is 2. The van der Waals surface area contributed by atoms with Crippen molar-refractivity contribution in [3.05, 3.63) is 26.6 Å². The molecule has 0 bridgehead atoms. The van der Waals surface area contributed by atoms with Gasteiger partial charge in [-0.05, 0) is 38.2 Å². The fraction of sp³-hybridized carbons (Fsp3) is 0.632. The second-order valence-corrected chi connectivity index (χ2v) is 8.39. The number of amides is 1. The Bertz CT molecular complexity index is 877. The highest BCUT2D eigenvalue weighted by Gasteiger charge is 2.28. The summed E-state index contributed by atoms with van der Waals surface area (Å²) in [6.07, 6.45) is 8.67. The molecule has 1 aliphatic carbocycles. The smallest absolute Gasteiger partial charge is 0.264 e. The summed E-state index contributed by atoms with van der Waals surface area (Å²) in [6, 6.07) is 0.336. The van der Waals surface area contributed by atoms with Crippen molar-refractivity contribution in [2.45, 2.75) is 70.9 Å². The van der Waals surface area contributed by atoms with Crippen molar-refractivity contribution in [3.8, 4) is 0 Å². The number of thiophene rings is 1. The van der Waals surface area contributed by atoms with Crippen molar-refractivity contribution in [1.29, 1.82) is 0 Å². The first-order chi connectivity index (χ1) is 12.1. The van der Waals surface area contributed by atoms with Gasteiger partial charge in [0.15, 0.2) is 0 Å². The Morgan fingerprint density at radius 3 is 2.72 bits per heavy atom. The number of aryl methyl sites for hydroxylation is 2. The summed E-state index contributed by atoms with van der Waals surface area (Å²) in [5.41, 5.74) is 0.852. The van der Waals surface area contributed by atoms with Gasteiger partial charge in [-0.2, -0.15) is 0 Å². The maximum absolute atomic E-state index is 13.0. The molecule has 0 spiro atoms. The van der Waals surface area contributed by atoms with E-state index in [2.05, 4.69) is 0 Å². The standard InChI is InChI=1S/C19H25N3O2S/c1-12-15-17(20-14-10-4-3-7-11-22(14)18(15)23)25-16(12)19(24)21(2)13-8-5-6-9-13/h13H,3-11H2,1-2H3. The van der Waals surface area contributed by atoms with E-state index in [1.165, 1.54) is 24.2 Å². The van der Waals surface area contributed by atoms with Crippen LogP contribution in [0.25, 0.3) is 10.2 Å². The van der Waals surface area contributed by atoms with E-state index in [9.17, 15) is 9.59 Å². The van der Waals surface area contributed by atoms with Crippen LogP contribution in [-0.4, -0.2) is 33.4 Å². The Labute approximate surface area is 151 Å². The Morgan fingerprint density at radius 2 is 1.96 bits per heavy atom. The number of nitrogens with zero attached hydrogens (tertiary/aromatic N) is 3. The maximum Gasteiger partial charge on any atom is 0.264 e. The Balaban J connectivity index is 1.78. The van der Waals surface area contributed by atoms with E-state index in [1.54, 1.807) is 0 Å². The van der Waals surface area contributed by atoms with E-state index in [-0.39, 0.29) is 11.5 Å². The summed E-state index contributed by atoms with van der Waals surface area (Å²) in [5.74, 6) is 0.936. The number of hydrogen-bond acceptors (Lipinski definition) is 4. The Hall–Kier alpha value is -1.69. The van der Waals surface area contributed by atoms with Crippen LogP contribution in [-0.2, 0) is 13.0 Å². The fourth-order valence-corrected chi connectivity index (χ4v) is 5.40. The lowest BCUT2D eigenvalue weighted by Gasteiger charge is -2.23. The van der Waals surface area contributed by atoms with E-state index in [0.717, 1.165) is 61.3 Å².